The van der Waals surface area contributed by atoms with Gasteiger partial charge in [-0.25, -0.2) is 4.79 Å². The molecule has 1 saturated heterocycles. The van der Waals surface area contributed by atoms with E-state index in [9.17, 15) is 19.2 Å². The molecule has 9 heteroatoms. The first kappa shape index (κ1) is 23.6. The molecule has 0 aliphatic carbocycles. The van der Waals surface area contributed by atoms with Crippen LogP contribution in [0, 0.1) is 6.92 Å². The monoisotopic (exact) mass is 487 g/mol. The number of fused-ring (bicyclic) bond motifs is 3. The Morgan fingerprint density at radius 3 is 2.67 bits per heavy atom. The lowest BCUT2D eigenvalue weighted by molar-refractivity contribution is -0.136. The van der Waals surface area contributed by atoms with Crippen molar-refractivity contribution in [2.75, 3.05) is 12.4 Å². The molecule has 2 aliphatic heterocycles. The van der Waals surface area contributed by atoms with Crippen LogP contribution >= 0.6 is 0 Å². The zero-order chi connectivity index (χ0) is 25.4. The summed E-state index contributed by atoms with van der Waals surface area (Å²) in [5.41, 5.74) is 5.87. The van der Waals surface area contributed by atoms with Gasteiger partial charge >= 0.3 is 6.03 Å². The minimum Gasteiger partial charge on any atom is -0.388 e. The van der Waals surface area contributed by atoms with Crippen molar-refractivity contribution >= 4 is 40.3 Å². The summed E-state index contributed by atoms with van der Waals surface area (Å²) >= 11 is 0. The molecule has 0 saturated carbocycles. The van der Waals surface area contributed by atoms with Crippen LogP contribution in [0.4, 0.5) is 10.5 Å². The summed E-state index contributed by atoms with van der Waals surface area (Å²) in [7, 11) is 1.89. The lowest BCUT2D eigenvalue weighted by Gasteiger charge is -2.28. The average molecular weight is 488 g/mol. The summed E-state index contributed by atoms with van der Waals surface area (Å²) in [6.45, 7) is 2.77. The van der Waals surface area contributed by atoms with Gasteiger partial charge in [0, 0.05) is 43.2 Å². The van der Waals surface area contributed by atoms with Crippen LogP contribution in [-0.2, 0) is 33.9 Å². The standard InChI is InChI=1S/C27H29N5O4/c1-16-3-4-17(12-21(16)28-2)6-9-24(33)29-14-18-5-7-22-19(11-18)13-20-15-31(27(36)32(20)22)23-8-10-25(34)30-26(23)35/h3-5,7,11-13,23,28H,6,8-10,14-15H2,1-2H3,(H,29,33)(H,30,34,35). The second kappa shape index (κ2) is 9.49. The summed E-state index contributed by atoms with van der Waals surface area (Å²) in [4.78, 5) is 50.8. The van der Waals surface area contributed by atoms with Crippen molar-refractivity contribution in [3.8, 4) is 0 Å². The van der Waals surface area contributed by atoms with E-state index in [1.165, 1.54) is 10.5 Å². The van der Waals surface area contributed by atoms with Crippen molar-refractivity contribution in [3.63, 3.8) is 0 Å². The Kier molecular flexibility index (Phi) is 6.22. The number of benzene rings is 2. The number of aromatic nitrogens is 1. The molecule has 1 unspecified atom stereocenters. The fourth-order valence-electron chi connectivity index (χ4n) is 5.01. The van der Waals surface area contributed by atoms with Gasteiger partial charge < -0.3 is 15.5 Å². The predicted molar refractivity (Wildman–Crippen MR) is 135 cm³/mol. The molecule has 4 amide bonds. The lowest BCUT2D eigenvalue weighted by atomic mass is 10.0. The zero-order valence-corrected chi connectivity index (χ0v) is 20.4. The van der Waals surface area contributed by atoms with Gasteiger partial charge in [0.25, 0.3) is 0 Å². The molecule has 5 rings (SSSR count). The summed E-state index contributed by atoms with van der Waals surface area (Å²) in [6.07, 6.45) is 1.63. The van der Waals surface area contributed by atoms with Gasteiger partial charge in [-0.1, -0.05) is 18.2 Å². The van der Waals surface area contributed by atoms with E-state index in [2.05, 4.69) is 28.1 Å². The van der Waals surface area contributed by atoms with E-state index < -0.39 is 11.9 Å². The van der Waals surface area contributed by atoms with E-state index in [4.69, 9.17) is 0 Å². The molecular formula is C27H29N5O4. The normalized spacial score (nSPS) is 17.3. The van der Waals surface area contributed by atoms with Crippen LogP contribution in [0.25, 0.3) is 10.9 Å². The van der Waals surface area contributed by atoms with Crippen LogP contribution in [0.2, 0.25) is 0 Å². The fourth-order valence-corrected chi connectivity index (χ4v) is 5.01. The summed E-state index contributed by atoms with van der Waals surface area (Å²) in [6, 6.07) is 13.0. The van der Waals surface area contributed by atoms with Crippen molar-refractivity contribution in [3.05, 3.63) is 64.8 Å². The molecule has 9 nitrogen and oxygen atoms in total. The molecule has 36 heavy (non-hydrogen) atoms. The number of carbonyl (C=O) groups is 4. The Morgan fingerprint density at radius 1 is 1.08 bits per heavy atom. The molecule has 3 heterocycles. The van der Waals surface area contributed by atoms with Crippen molar-refractivity contribution < 1.29 is 19.2 Å². The van der Waals surface area contributed by atoms with Gasteiger partial charge in [-0.05, 0) is 60.7 Å². The van der Waals surface area contributed by atoms with E-state index in [0.717, 1.165) is 33.4 Å². The first-order chi connectivity index (χ1) is 17.3. The van der Waals surface area contributed by atoms with Crippen LogP contribution in [0.5, 0.6) is 0 Å². The average Bonchev–Trinajstić information content (AvgIpc) is 3.37. The van der Waals surface area contributed by atoms with Gasteiger partial charge in [0.2, 0.25) is 17.7 Å². The Balaban J connectivity index is 1.20. The highest BCUT2D eigenvalue weighted by Crippen LogP contribution is 2.30. The molecule has 1 atom stereocenters. The maximum absolute atomic E-state index is 13.1. The number of hydrogen-bond acceptors (Lipinski definition) is 5. The number of anilines is 1. The number of amides is 4. The van der Waals surface area contributed by atoms with E-state index in [0.29, 0.717) is 32.4 Å². The first-order valence-electron chi connectivity index (χ1n) is 12.2. The summed E-state index contributed by atoms with van der Waals surface area (Å²) in [5.74, 6) is -0.737. The van der Waals surface area contributed by atoms with E-state index in [1.54, 1.807) is 4.57 Å². The van der Waals surface area contributed by atoms with Gasteiger partial charge in [0.05, 0.1) is 12.1 Å². The fraction of sp³-hybridized carbons (Fsp3) is 0.333. The topological polar surface area (TPSA) is 113 Å². The highest BCUT2D eigenvalue weighted by molar-refractivity contribution is 6.03. The van der Waals surface area contributed by atoms with E-state index >= 15 is 0 Å². The number of piperidine rings is 1. The van der Waals surface area contributed by atoms with Gasteiger partial charge in [0.1, 0.15) is 6.04 Å². The van der Waals surface area contributed by atoms with Crippen LogP contribution in [0.15, 0.2) is 42.5 Å². The van der Waals surface area contributed by atoms with Crippen LogP contribution in [0.3, 0.4) is 0 Å². The minimum absolute atomic E-state index is 0.0175. The first-order valence-corrected chi connectivity index (χ1v) is 12.2. The predicted octanol–water partition coefficient (Wildman–Crippen LogP) is 2.83. The molecule has 0 spiro atoms. The second-order valence-electron chi connectivity index (χ2n) is 9.42. The molecule has 0 bridgehead atoms. The maximum atomic E-state index is 13.1. The third kappa shape index (κ3) is 4.44. The molecule has 1 fully saturated rings. The quantitative estimate of drug-likeness (QED) is 0.444. The number of aryl methyl sites for hydroxylation is 2. The van der Waals surface area contributed by atoms with Gasteiger partial charge in [-0.15, -0.1) is 0 Å². The number of hydrogen-bond donors (Lipinski definition) is 3. The Labute approximate surface area is 208 Å². The highest BCUT2D eigenvalue weighted by Gasteiger charge is 2.39. The van der Waals surface area contributed by atoms with Crippen LogP contribution in [0.1, 0.15) is 41.6 Å². The Morgan fingerprint density at radius 2 is 1.89 bits per heavy atom. The van der Waals surface area contributed by atoms with Gasteiger partial charge in [-0.3, -0.25) is 24.3 Å². The van der Waals surface area contributed by atoms with Crippen LogP contribution in [-0.4, -0.2) is 46.3 Å². The lowest BCUT2D eigenvalue weighted by Crippen LogP contribution is -2.52. The number of imide groups is 1. The molecule has 2 aliphatic rings. The zero-order valence-electron chi connectivity index (χ0n) is 20.4. The Hall–Kier alpha value is -4.14. The molecule has 3 aromatic rings. The maximum Gasteiger partial charge on any atom is 0.329 e. The number of rotatable bonds is 7. The number of nitrogens with zero attached hydrogens (tertiary/aromatic N) is 2. The number of carbonyl (C=O) groups excluding carboxylic acids is 4. The molecule has 2 aromatic carbocycles. The van der Waals surface area contributed by atoms with Gasteiger partial charge in [-0.2, -0.15) is 0 Å². The largest absolute Gasteiger partial charge is 0.388 e. The van der Waals surface area contributed by atoms with Crippen molar-refractivity contribution in [1.29, 1.82) is 0 Å². The smallest absolute Gasteiger partial charge is 0.329 e. The van der Waals surface area contributed by atoms with E-state index in [-0.39, 0.29) is 24.3 Å². The van der Waals surface area contributed by atoms with Gasteiger partial charge in [0.15, 0.2) is 0 Å². The van der Waals surface area contributed by atoms with Crippen LogP contribution < -0.4 is 16.0 Å². The van der Waals surface area contributed by atoms with Crippen molar-refractivity contribution in [1.82, 2.24) is 20.1 Å². The SMILES string of the molecule is CNc1cc(CCC(=O)NCc2ccc3c(c2)cc2n3C(=O)N(C3CCC(=O)NC3=O)C2)ccc1C. The highest BCUT2D eigenvalue weighted by atomic mass is 16.2. The second-order valence-corrected chi connectivity index (χ2v) is 9.42. The molecular weight excluding hydrogens is 458 g/mol. The Bertz CT molecular complexity index is 1390. The van der Waals surface area contributed by atoms with Crippen molar-refractivity contribution in [2.45, 2.75) is 51.7 Å². The minimum atomic E-state index is -0.635. The molecule has 186 valence electrons. The van der Waals surface area contributed by atoms with Crippen molar-refractivity contribution in [2.24, 2.45) is 0 Å². The third-order valence-corrected chi connectivity index (χ3v) is 7.00. The molecule has 1 aromatic heterocycles. The number of nitrogens with one attached hydrogen (secondary N) is 3. The van der Waals surface area contributed by atoms with E-state index in [1.807, 2.05) is 44.3 Å². The third-order valence-electron chi connectivity index (χ3n) is 7.00. The summed E-state index contributed by atoms with van der Waals surface area (Å²) < 4.78 is 1.63. The summed E-state index contributed by atoms with van der Waals surface area (Å²) in [5, 5.41) is 9.38. The molecule has 3 N–H and O–H groups in total. The molecule has 0 radical (unpaired) electrons.